The highest BCUT2D eigenvalue weighted by Crippen LogP contribution is 2.34. The van der Waals surface area contributed by atoms with Crippen molar-refractivity contribution in [1.29, 1.82) is 0 Å². The summed E-state index contributed by atoms with van der Waals surface area (Å²) in [4.78, 5) is 12.2. The van der Waals surface area contributed by atoms with Crippen LogP contribution in [0.15, 0.2) is 82.0 Å². The zero-order valence-corrected chi connectivity index (χ0v) is 16.5. The molecule has 0 radical (unpaired) electrons. The normalized spacial score (nSPS) is 10.8. The van der Waals surface area contributed by atoms with Gasteiger partial charge in [0.15, 0.2) is 0 Å². The summed E-state index contributed by atoms with van der Waals surface area (Å²) >= 11 is 0. The highest BCUT2D eigenvalue weighted by molar-refractivity contribution is 5.88. The minimum absolute atomic E-state index is 0.343. The second-order valence-electron chi connectivity index (χ2n) is 6.98. The monoisotopic (exact) mass is 386 g/mol. The van der Waals surface area contributed by atoms with Crippen molar-refractivity contribution in [2.75, 3.05) is 0 Å². The topological polar surface area (TPSA) is 48.7 Å². The summed E-state index contributed by atoms with van der Waals surface area (Å²) in [5.74, 6) is 1.23. The maximum absolute atomic E-state index is 12.2. The second-order valence-corrected chi connectivity index (χ2v) is 6.98. The molecule has 0 aliphatic carbocycles. The fourth-order valence-electron chi connectivity index (χ4n) is 3.21. The fraction of sp³-hybridized carbons (Fsp3) is 0.160. The molecule has 0 unspecified atom stereocenters. The van der Waals surface area contributed by atoms with E-state index in [-0.39, 0.29) is 5.63 Å². The van der Waals surface area contributed by atoms with E-state index in [1.807, 2.05) is 73.7 Å². The molecule has 0 aliphatic rings. The van der Waals surface area contributed by atoms with Crippen LogP contribution >= 0.6 is 0 Å². The molecule has 4 rings (SSSR count). The van der Waals surface area contributed by atoms with E-state index in [0.29, 0.717) is 35.9 Å². The lowest BCUT2D eigenvalue weighted by Gasteiger charge is -2.14. The van der Waals surface area contributed by atoms with E-state index in [1.165, 1.54) is 0 Å². The SMILES string of the molecule is Cc1c(C)c2c(OCc3ccccc3)cc(OCc3ccccc3)cc2oc1=O. The number of rotatable bonds is 6. The molecule has 29 heavy (non-hydrogen) atoms. The van der Waals surface area contributed by atoms with Crippen molar-refractivity contribution >= 4 is 11.0 Å². The molecule has 4 nitrogen and oxygen atoms in total. The smallest absolute Gasteiger partial charge is 0.339 e. The first-order valence-electron chi connectivity index (χ1n) is 9.53. The average Bonchev–Trinajstić information content (AvgIpc) is 2.75. The van der Waals surface area contributed by atoms with Crippen molar-refractivity contribution in [3.63, 3.8) is 0 Å². The number of aryl methyl sites for hydroxylation is 1. The molecule has 0 saturated carbocycles. The first-order valence-corrected chi connectivity index (χ1v) is 9.53. The van der Waals surface area contributed by atoms with Crippen molar-refractivity contribution in [2.24, 2.45) is 0 Å². The Kier molecular flexibility index (Phi) is 5.34. The van der Waals surface area contributed by atoms with E-state index in [1.54, 1.807) is 13.0 Å². The molecule has 146 valence electrons. The van der Waals surface area contributed by atoms with Crippen LogP contribution in [-0.4, -0.2) is 0 Å². The predicted molar refractivity (Wildman–Crippen MR) is 114 cm³/mol. The maximum atomic E-state index is 12.2. The average molecular weight is 386 g/mol. The van der Waals surface area contributed by atoms with Crippen LogP contribution in [0.5, 0.6) is 11.5 Å². The van der Waals surface area contributed by atoms with E-state index in [2.05, 4.69) is 0 Å². The third-order valence-electron chi connectivity index (χ3n) is 4.97. The van der Waals surface area contributed by atoms with Gasteiger partial charge in [-0.1, -0.05) is 60.7 Å². The largest absolute Gasteiger partial charge is 0.489 e. The van der Waals surface area contributed by atoms with Crippen LogP contribution in [0.4, 0.5) is 0 Å². The van der Waals surface area contributed by atoms with Gasteiger partial charge in [0.25, 0.3) is 0 Å². The van der Waals surface area contributed by atoms with Gasteiger partial charge < -0.3 is 13.9 Å². The first-order chi connectivity index (χ1) is 14.1. The van der Waals surface area contributed by atoms with Gasteiger partial charge in [-0.05, 0) is 30.5 Å². The molecule has 0 spiro atoms. The Morgan fingerprint density at radius 1 is 0.759 bits per heavy atom. The molecule has 0 amide bonds. The minimum atomic E-state index is -0.343. The van der Waals surface area contributed by atoms with Crippen molar-refractivity contribution in [3.8, 4) is 11.5 Å². The summed E-state index contributed by atoms with van der Waals surface area (Å²) in [6, 6.07) is 23.5. The third-order valence-corrected chi connectivity index (χ3v) is 4.97. The molecule has 0 fully saturated rings. The summed E-state index contributed by atoms with van der Waals surface area (Å²) < 4.78 is 17.6. The van der Waals surface area contributed by atoms with E-state index in [4.69, 9.17) is 13.9 Å². The van der Waals surface area contributed by atoms with E-state index < -0.39 is 0 Å². The van der Waals surface area contributed by atoms with Gasteiger partial charge in [-0.2, -0.15) is 0 Å². The van der Waals surface area contributed by atoms with E-state index in [9.17, 15) is 4.79 Å². The van der Waals surface area contributed by atoms with Crippen molar-refractivity contribution in [2.45, 2.75) is 27.1 Å². The van der Waals surface area contributed by atoms with Gasteiger partial charge in [0.1, 0.15) is 30.3 Å². The van der Waals surface area contributed by atoms with Crippen LogP contribution in [0.25, 0.3) is 11.0 Å². The summed E-state index contributed by atoms with van der Waals surface area (Å²) in [5.41, 5.74) is 3.67. The van der Waals surface area contributed by atoms with Gasteiger partial charge in [-0.15, -0.1) is 0 Å². The highest BCUT2D eigenvalue weighted by Gasteiger charge is 2.15. The Hall–Kier alpha value is -3.53. The van der Waals surface area contributed by atoms with Gasteiger partial charge in [0.2, 0.25) is 0 Å². The van der Waals surface area contributed by atoms with Crippen LogP contribution in [0.1, 0.15) is 22.3 Å². The lowest BCUT2D eigenvalue weighted by Crippen LogP contribution is -2.07. The Morgan fingerprint density at radius 3 is 1.97 bits per heavy atom. The minimum Gasteiger partial charge on any atom is -0.489 e. The van der Waals surface area contributed by atoms with Crippen LogP contribution in [0.3, 0.4) is 0 Å². The number of hydrogen-bond acceptors (Lipinski definition) is 4. The Balaban J connectivity index is 1.71. The molecule has 3 aromatic carbocycles. The Labute approximate surface area is 169 Å². The zero-order chi connectivity index (χ0) is 20.2. The molecule has 0 aliphatic heterocycles. The molecule has 0 bridgehead atoms. The van der Waals surface area contributed by atoms with Crippen molar-refractivity contribution in [3.05, 3.63) is 105 Å². The van der Waals surface area contributed by atoms with Crippen LogP contribution in [0, 0.1) is 13.8 Å². The summed E-state index contributed by atoms with van der Waals surface area (Å²) in [6.45, 7) is 4.51. The predicted octanol–water partition coefficient (Wildman–Crippen LogP) is 5.57. The van der Waals surface area contributed by atoms with Crippen LogP contribution in [0.2, 0.25) is 0 Å². The maximum Gasteiger partial charge on any atom is 0.339 e. The van der Waals surface area contributed by atoms with Gasteiger partial charge in [-0.3, -0.25) is 0 Å². The Bertz CT molecular complexity index is 1180. The lowest BCUT2D eigenvalue weighted by atomic mass is 10.1. The van der Waals surface area contributed by atoms with E-state index in [0.717, 1.165) is 22.1 Å². The standard InChI is InChI=1S/C25H22O4/c1-17-18(2)25(26)29-23-14-21(27-15-19-9-5-3-6-10-19)13-22(24(17)23)28-16-20-11-7-4-8-12-20/h3-14H,15-16H2,1-2H3. The van der Waals surface area contributed by atoms with E-state index >= 15 is 0 Å². The fourth-order valence-corrected chi connectivity index (χ4v) is 3.21. The van der Waals surface area contributed by atoms with Gasteiger partial charge >= 0.3 is 5.63 Å². The number of hydrogen-bond donors (Lipinski definition) is 0. The molecule has 1 heterocycles. The second kappa shape index (κ2) is 8.23. The molecule has 4 aromatic rings. The number of benzene rings is 3. The van der Waals surface area contributed by atoms with Crippen molar-refractivity contribution < 1.29 is 13.9 Å². The van der Waals surface area contributed by atoms with Gasteiger partial charge in [0, 0.05) is 17.7 Å². The Morgan fingerprint density at radius 2 is 1.34 bits per heavy atom. The van der Waals surface area contributed by atoms with Crippen LogP contribution < -0.4 is 15.1 Å². The first kappa shape index (κ1) is 18.8. The lowest BCUT2D eigenvalue weighted by molar-refractivity contribution is 0.291. The number of fused-ring (bicyclic) bond motifs is 1. The summed E-state index contributed by atoms with van der Waals surface area (Å²) in [7, 11) is 0. The quantitative estimate of drug-likeness (QED) is 0.407. The van der Waals surface area contributed by atoms with Gasteiger partial charge in [0.05, 0.1) is 5.39 Å². The molecular weight excluding hydrogens is 364 g/mol. The number of ether oxygens (including phenoxy) is 2. The van der Waals surface area contributed by atoms with Gasteiger partial charge in [-0.25, -0.2) is 4.79 Å². The molecule has 0 saturated heterocycles. The molecule has 0 atom stereocenters. The molecule has 4 heteroatoms. The van der Waals surface area contributed by atoms with Crippen LogP contribution in [-0.2, 0) is 13.2 Å². The molecular formula is C25H22O4. The summed E-state index contributed by atoms with van der Waals surface area (Å²) in [5, 5.41) is 0.796. The molecule has 1 aromatic heterocycles. The third kappa shape index (κ3) is 4.16. The summed E-state index contributed by atoms with van der Waals surface area (Å²) in [6.07, 6.45) is 0. The van der Waals surface area contributed by atoms with Crippen molar-refractivity contribution in [1.82, 2.24) is 0 Å². The molecule has 0 N–H and O–H groups in total. The zero-order valence-electron chi connectivity index (χ0n) is 16.5. The highest BCUT2D eigenvalue weighted by atomic mass is 16.5.